The van der Waals surface area contributed by atoms with Gasteiger partial charge in [0.1, 0.15) is 5.75 Å². The number of carbonyl (C=O) groups is 1. The van der Waals surface area contributed by atoms with E-state index in [1.54, 1.807) is 7.11 Å². The smallest absolute Gasteiger partial charge is 0.241 e. The van der Waals surface area contributed by atoms with Crippen LogP contribution in [0.4, 0.5) is 0 Å². The number of hydrogen-bond acceptors (Lipinski definition) is 6. The number of amides is 1. The van der Waals surface area contributed by atoms with Crippen LogP contribution in [0.25, 0.3) is 11.4 Å². The molecule has 1 aromatic heterocycles. The second-order valence-corrected chi connectivity index (χ2v) is 5.27. The topological polar surface area (TPSA) is 94.5 Å². The number of rotatable bonds is 5. The molecule has 116 valence electrons. The van der Waals surface area contributed by atoms with Crippen LogP contribution >= 0.6 is 0 Å². The standard InChI is InChI=1S/C15H18N4O3/c1-21-11-6-4-10(5-7-11)15-17-13(22-18-15)9-19-8-2-3-12(19)14(16)20/h4-7,12H,2-3,8-9H2,1H3,(H2,16,20)/t12-/m0/s1. The molecular weight excluding hydrogens is 284 g/mol. The third-order valence-electron chi connectivity index (χ3n) is 3.85. The zero-order valence-electron chi connectivity index (χ0n) is 12.4. The average molecular weight is 302 g/mol. The van der Waals surface area contributed by atoms with E-state index in [-0.39, 0.29) is 11.9 Å². The van der Waals surface area contributed by atoms with Crippen molar-refractivity contribution in [2.45, 2.75) is 25.4 Å². The van der Waals surface area contributed by atoms with Crippen LogP contribution < -0.4 is 10.5 Å². The molecule has 0 radical (unpaired) electrons. The van der Waals surface area contributed by atoms with E-state index >= 15 is 0 Å². The lowest BCUT2D eigenvalue weighted by Gasteiger charge is -2.19. The lowest BCUT2D eigenvalue weighted by molar-refractivity contribution is -0.122. The van der Waals surface area contributed by atoms with E-state index in [1.165, 1.54) is 0 Å². The minimum absolute atomic E-state index is 0.240. The van der Waals surface area contributed by atoms with Gasteiger partial charge in [0.2, 0.25) is 17.6 Å². The zero-order chi connectivity index (χ0) is 15.5. The molecule has 1 amide bonds. The van der Waals surface area contributed by atoms with Gasteiger partial charge < -0.3 is 15.0 Å². The molecule has 3 rings (SSSR count). The van der Waals surface area contributed by atoms with Gasteiger partial charge in [-0.15, -0.1) is 0 Å². The lowest BCUT2D eigenvalue weighted by atomic mass is 10.2. The fourth-order valence-corrected chi connectivity index (χ4v) is 2.69. The Morgan fingerprint density at radius 1 is 1.45 bits per heavy atom. The fraction of sp³-hybridized carbons (Fsp3) is 0.400. The van der Waals surface area contributed by atoms with Crippen molar-refractivity contribution in [3.8, 4) is 17.1 Å². The first-order valence-corrected chi connectivity index (χ1v) is 7.18. The Balaban J connectivity index is 1.72. The molecule has 1 aliphatic rings. The number of benzene rings is 1. The summed E-state index contributed by atoms with van der Waals surface area (Å²) in [5, 5.41) is 3.98. The predicted molar refractivity (Wildman–Crippen MR) is 78.9 cm³/mol. The summed E-state index contributed by atoms with van der Waals surface area (Å²) in [4.78, 5) is 17.8. The molecule has 0 saturated carbocycles. The van der Waals surface area contributed by atoms with Crippen LogP contribution in [0, 0.1) is 0 Å². The molecular formula is C15H18N4O3. The van der Waals surface area contributed by atoms with Crippen molar-refractivity contribution in [1.29, 1.82) is 0 Å². The predicted octanol–water partition coefficient (Wildman–Crippen LogP) is 1.19. The summed E-state index contributed by atoms with van der Waals surface area (Å²) in [7, 11) is 1.62. The van der Waals surface area contributed by atoms with Crippen LogP contribution in [0.3, 0.4) is 0 Å². The van der Waals surface area contributed by atoms with Gasteiger partial charge in [-0.2, -0.15) is 4.98 Å². The van der Waals surface area contributed by atoms with E-state index in [1.807, 2.05) is 29.2 Å². The Hall–Kier alpha value is -2.41. The lowest BCUT2D eigenvalue weighted by Crippen LogP contribution is -2.39. The number of methoxy groups -OCH3 is 1. The van der Waals surface area contributed by atoms with E-state index in [0.29, 0.717) is 18.3 Å². The van der Waals surface area contributed by atoms with E-state index in [9.17, 15) is 4.79 Å². The number of aromatic nitrogens is 2. The second kappa shape index (κ2) is 6.15. The average Bonchev–Trinajstić information content (AvgIpc) is 3.17. The Morgan fingerprint density at radius 3 is 2.91 bits per heavy atom. The Bertz CT molecular complexity index is 653. The molecule has 7 nitrogen and oxygen atoms in total. The molecule has 2 heterocycles. The van der Waals surface area contributed by atoms with Crippen molar-refractivity contribution in [1.82, 2.24) is 15.0 Å². The molecule has 1 aromatic carbocycles. The Kier molecular flexibility index (Phi) is 4.06. The summed E-state index contributed by atoms with van der Waals surface area (Å²) in [6.07, 6.45) is 1.74. The third-order valence-corrected chi connectivity index (χ3v) is 3.85. The minimum atomic E-state index is -0.299. The van der Waals surface area contributed by atoms with Crippen molar-refractivity contribution in [2.24, 2.45) is 5.73 Å². The molecule has 1 atom stereocenters. The summed E-state index contributed by atoms with van der Waals surface area (Å²) in [6, 6.07) is 7.19. The van der Waals surface area contributed by atoms with Gasteiger partial charge >= 0.3 is 0 Å². The number of carbonyl (C=O) groups excluding carboxylic acids is 1. The molecule has 0 bridgehead atoms. The van der Waals surface area contributed by atoms with Crippen LogP contribution in [-0.4, -0.2) is 40.6 Å². The summed E-state index contributed by atoms with van der Waals surface area (Å²) in [5.74, 6) is 1.48. The number of hydrogen-bond donors (Lipinski definition) is 1. The number of likely N-dealkylation sites (tertiary alicyclic amines) is 1. The number of primary amides is 1. The number of ether oxygens (including phenoxy) is 1. The zero-order valence-corrected chi connectivity index (χ0v) is 12.4. The first-order chi connectivity index (χ1) is 10.7. The molecule has 1 aliphatic heterocycles. The minimum Gasteiger partial charge on any atom is -0.497 e. The number of nitrogens with two attached hydrogens (primary N) is 1. The molecule has 1 saturated heterocycles. The highest BCUT2D eigenvalue weighted by molar-refractivity contribution is 5.80. The fourth-order valence-electron chi connectivity index (χ4n) is 2.69. The van der Waals surface area contributed by atoms with Crippen molar-refractivity contribution in [2.75, 3.05) is 13.7 Å². The van der Waals surface area contributed by atoms with Gasteiger partial charge in [-0.05, 0) is 43.7 Å². The third kappa shape index (κ3) is 2.94. The van der Waals surface area contributed by atoms with Crippen molar-refractivity contribution in [3.05, 3.63) is 30.2 Å². The molecule has 0 aliphatic carbocycles. The molecule has 1 fully saturated rings. The van der Waals surface area contributed by atoms with Crippen LogP contribution in [-0.2, 0) is 11.3 Å². The van der Waals surface area contributed by atoms with Crippen LogP contribution in [0.15, 0.2) is 28.8 Å². The van der Waals surface area contributed by atoms with Crippen LogP contribution in [0.1, 0.15) is 18.7 Å². The van der Waals surface area contributed by atoms with E-state index in [4.69, 9.17) is 15.0 Å². The van der Waals surface area contributed by atoms with Gasteiger partial charge in [0.05, 0.1) is 19.7 Å². The molecule has 2 aromatic rings. The van der Waals surface area contributed by atoms with Gasteiger partial charge in [0.15, 0.2) is 0 Å². The van der Waals surface area contributed by atoms with E-state index in [0.717, 1.165) is 30.7 Å². The van der Waals surface area contributed by atoms with Gasteiger partial charge in [0.25, 0.3) is 0 Å². The first kappa shape index (κ1) is 14.5. The quantitative estimate of drug-likeness (QED) is 0.891. The van der Waals surface area contributed by atoms with Gasteiger partial charge in [0, 0.05) is 5.56 Å². The first-order valence-electron chi connectivity index (χ1n) is 7.18. The van der Waals surface area contributed by atoms with Gasteiger partial charge in [-0.25, -0.2) is 0 Å². The normalized spacial score (nSPS) is 18.5. The summed E-state index contributed by atoms with van der Waals surface area (Å²) >= 11 is 0. The SMILES string of the molecule is COc1ccc(-c2noc(CN3CCC[C@H]3C(N)=O)n2)cc1. The van der Waals surface area contributed by atoms with E-state index < -0.39 is 0 Å². The molecule has 0 unspecified atom stereocenters. The van der Waals surface area contributed by atoms with Crippen molar-refractivity contribution in [3.63, 3.8) is 0 Å². The molecule has 0 spiro atoms. The highest BCUT2D eigenvalue weighted by Crippen LogP contribution is 2.22. The Morgan fingerprint density at radius 2 is 2.23 bits per heavy atom. The second-order valence-electron chi connectivity index (χ2n) is 5.27. The van der Waals surface area contributed by atoms with Crippen molar-refractivity contribution >= 4 is 5.91 Å². The van der Waals surface area contributed by atoms with Crippen molar-refractivity contribution < 1.29 is 14.1 Å². The molecule has 7 heteroatoms. The molecule has 2 N–H and O–H groups in total. The summed E-state index contributed by atoms with van der Waals surface area (Å²) < 4.78 is 10.4. The maximum absolute atomic E-state index is 11.4. The summed E-state index contributed by atoms with van der Waals surface area (Å²) in [6.45, 7) is 1.25. The highest BCUT2D eigenvalue weighted by Gasteiger charge is 2.30. The van der Waals surface area contributed by atoms with Gasteiger partial charge in [-0.1, -0.05) is 5.16 Å². The molecule has 22 heavy (non-hydrogen) atoms. The number of nitrogens with zero attached hydrogens (tertiary/aromatic N) is 3. The van der Waals surface area contributed by atoms with E-state index in [2.05, 4.69) is 10.1 Å². The highest BCUT2D eigenvalue weighted by atomic mass is 16.5. The Labute approximate surface area is 128 Å². The largest absolute Gasteiger partial charge is 0.497 e. The van der Waals surface area contributed by atoms with Crippen LogP contribution in [0.2, 0.25) is 0 Å². The van der Waals surface area contributed by atoms with Crippen LogP contribution in [0.5, 0.6) is 5.75 Å². The maximum atomic E-state index is 11.4. The summed E-state index contributed by atoms with van der Waals surface area (Å²) in [5.41, 5.74) is 6.26. The monoisotopic (exact) mass is 302 g/mol. The maximum Gasteiger partial charge on any atom is 0.241 e. The van der Waals surface area contributed by atoms with Gasteiger partial charge in [-0.3, -0.25) is 9.69 Å².